The smallest absolute Gasteiger partial charge is 0.251 e. The second-order valence-corrected chi connectivity index (χ2v) is 4.73. The van der Waals surface area contributed by atoms with Crippen LogP contribution in [0.5, 0.6) is 0 Å². The standard InChI is InChI=1S/C15H19NO2/c1-4-15(2,3)16-14(18)13-9-7-12(8-10-13)6-5-11-17/h7-10,17H,4,11H2,1-3H3,(H,16,18). The molecule has 0 bridgehead atoms. The first-order valence-electron chi connectivity index (χ1n) is 6.01. The molecule has 1 aromatic carbocycles. The molecule has 2 N–H and O–H groups in total. The number of carbonyl (C=O) groups is 1. The molecule has 18 heavy (non-hydrogen) atoms. The summed E-state index contributed by atoms with van der Waals surface area (Å²) < 4.78 is 0. The molecular formula is C15H19NO2. The van der Waals surface area contributed by atoms with Crippen molar-refractivity contribution in [2.24, 2.45) is 0 Å². The number of aliphatic hydroxyl groups excluding tert-OH is 1. The van der Waals surface area contributed by atoms with Gasteiger partial charge in [0.25, 0.3) is 5.91 Å². The van der Waals surface area contributed by atoms with Gasteiger partial charge in [-0.2, -0.15) is 0 Å². The van der Waals surface area contributed by atoms with Crippen LogP contribution in [0.25, 0.3) is 0 Å². The molecule has 0 saturated carbocycles. The molecule has 0 radical (unpaired) electrons. The predicted molar refractivity (Wildman–Crippen MR) is 72.2 cm³/mol. The monoisotopic (exact) mass is 245 g/mol. The third-order valence-corrected chi connectivity index (χ3v) is 2.79. The number of carbonyl (C=O) groups excluding carboxylic acids is 1. The fraction of sp³-hybridized carbons (Fsp3) is 0.400. The van der Waals surface area contributed by atoms with Gasteiger partial charge in [0.1, 0.15) is 6.61 Å². The van der Waals surface area contributed by atoms with Crippen molar-refractivity contribution in [2.75, 3.05) is 6.61 Å². The molecule has 0 aliphatic rings. The lowest BCUT2D eigenvalue weighted by Crippen LogP contribution is -2.42. The minimum absolute atomic E-state index is 0.0801. The van der Waals surface area contributed by atoms with Crippen molar-refractivity contribution in [2.45, 2.75) is 32.7 Å². The molecule has 0 aromatic heterocycles. The van der Waals surface area contributed by atoms with E-state index in [4.69, 9.17) is 5.11 Å². The molecule has 3 nitrogen and oxygen atoms in total. The summed E-state index contributed by atoms with van der Waals surface area (Å²) in [6, 6.07) is 7.03. The van der Waals surface area contributed by atoms with E-state index in [1.807, 2.05) is 20.8 Å². The second-order valence-electron chi connectivity index (χ2n) is 4.73. The van der Waals surface area contributed by atoms with E-state index in [1.165, 1.54) is 0 Å². The molecule has 0 heterocycles. The van der Waals surface area contributed by atoms with Crippen LogP contribution in [0.1, 0.15) is 43.1 Å². The molecular weight excluding hydrogens is 226 g/mol. The van der Waals surface area contributed by atoms with Gasteiger partial charge in [0.15, 0.2) is 0 Å². The van der Waals surface area contributed by atoms with Crippen molar-refractivity contribution in [1.82, 2.24) is 5.32 Å². The summed E-state index contributed by atoms with van der Waals surface area (Å²) >= 11 is 0. The van der Waals surface area contributed by atoms with Crippen LogP contribution in [-0.4, -0.2) is 23.2 Å². The summed E-state index contributed by atoms with van der Waals surface area (Å²) in [4.78, 5) is 12.0. The van der Waals surface area contributed by atoms with Gasteiger partial charge >= 0.3 is 0 Å². The van der Waals surface area contributed by atoms with Gasteiger partial charge in [-0.1, -0.05) is 18.8 Å². The van der Waals surface area contributed by atoms with E-state index in [-0.39, 0.29) is 18.1 Å². The number of nitrogens with one attached hydrogen (secondary N) is 1. The zero-order valence-electron chi connectivity index (χ0n) is 11.1. The van der Waals surface area contributed by atoms with Crippen molar-refractivity contribution in [3.63, 3.8) is 0 Å². The number of aliphatic hydroxyl groups is 1. The number of rotatable bonds is 3. The van der Waals surface area contributed by atoms with Crippen LogP contribution in [0.2, 0.25) is 0 Å². The minimum Gasteiger partial charge on any atom is -0.384 e. The Kier molecular flexibility index (Phi) is 4.94. The summed E-state index contributed by atoms with van der Waals surface area (Å²) in [5.41, 5.74) is 1.20. The third kappa shape index (κ3) is 4.23. The molecule has 96 valence electrons. The second kappa shape index (κ2) is 6.23. The molecule has 1 rings (SSSR count). The summed E-state index contributed by atoms with van der Waals surface area (Å²) in [5, 5.41) is 11.6. The van der Waals surface area contributed by atoms with Crippen molar-refractivity contribution in [3.05, 3.63) is 35.4 Å². The highest BCUT2D eigenvalue weighted by Gasteiger charge is 2.18. The van der Waals surface area contributed by atoms with Gasteiger partial charge in [-0.3, -0.25) is 4.79 Å². The summed E-state index contributed by atoms with van der Waals surface area (Å²) in [7, 11) is 0. The highest BCUT2D eigenvalue weighted by molar-refractivity contribution is 5.94. The lowest BCUT2D eigenvalue weighted by molar-refractivity contribution is 0.0911. The van der Waals surface area contributed by atoms with Gasteiger partial charge in [0, 0.05) is 16.7 Å². The maximum atomic E-state index is 12.0. The number of amides is 1. The van der Waals surface area contributed by atoms with Crippen LogP contribution in [0, 0.1) is 11.8 Å². The summed E-state index contributed by atoms with van der Waals surface area (Å²) in [6.45, 7) is 5.86. The van der Waals surface area contributed by atoms with Gasteiger partial charge in [-0.15, -0.1) is 0 Å². The number of benzene rings is 1. The third-order valence-electron chi connectivity index (χ3n) is 2.79. The Bertz CT molecular complexity index is 464. The van der Waals surface area contributed by atoms with E-state index in [2.05, 4.69) is 17.2 Å². The largest absolute Gasteiger partial charge is 0.384 e. The molecule has 1 aromatic rings. The first-order chi connectivity index (χ1) is 8.48. The van der Waals surface area contributed by atoms with Gasteiger partial charge < -0.3 is 10.4 Å². The van der Waals surface area contributed by atoms with Crippen molar-refractivity contribution < 1.29 is 9.90 Å². The van der Waals surface area contributed by atoms with E-state index in [9.17, 15) is 4.79 Å². The van der Waals surface area contributed by atoms with Crippen LogP contribution >= 0.6 is 0 Å². The number of hydrogen-bond donors (Lipinski definition) is 2. The van der Waals surface area contributed by atoms with E-state index < -0.39 is 0 Å². The van der Waals surface area contributed by atoms with Gasteiger partial charge in [-0.05, 0) is 44.5 Å². The normalized spacial score (nSPS) is 10.4. The molecule has 0 spiro atoms. The Morgan fingerprint density at radius 1 is 1.33 bits per heavy atom. The SMILES string of the molecule is CCC(C)(C)NC(=O)c1ccc(C#CCO)cc1. The Labute approximate surface area is 108 Å². The topological polar surface area (TPSA) is 49.3 Å². The van der Waals surface area contributed by atoms with Crippen LogP contribution < -0.4 is 5.32 Å². The van der Waals surface area contributed by atoms with Crippen LogP contribution in [-0.2, 0) is 0 Å². The minimum atomic E-state index is -0.202. The molecule has 0 fully saturated rings. The Morgan fingerprint density at radius 3 is 2.44 bits per heavy atom. The maximum absolute atomic E-state index is 12.0. The predicted octanol–water partition coefficient (Wildman–Crippen LogP) is 1.95. The highest BCUT2D eigenvalue weighted by atomic mass is 16.2. The Morgan fingerprint density at radius 2 is 1.94 bits per heavy atom. The van der Waals surface area contributed by atoms with Crippen LogP contribution in [0.4, 0.5) is 0 Å². The van der Waals surface area contributed by atoms with Gasteiger partial charge in [-0.25, -0.2) is 0 Å². The molecule has 0 saturated heterocycles. The average molecular weight is 245 g/mol. The van der Waals surface area contributed by atoms with Crippen LogP contribution in [0.3, 0.4) is 0 Å². The lowest BCUT2D eigenvalue weighted by atomic mass is 10.0. The Balaban J connectivity index is 2.76. The lowest BCUT2D eigenvalue weighted by Gasteiger charge is -2.24. The molecule has 0 unspecified atom stereocenters. The van der Waals surface area contributed by atoms with Crippen molar-refractivity contribution >= 4 is 5.91 Å². The van der Waals surface area contributed by atoms with Gasteiger partial charge in [0.2, 0.25) is 0 Å². The van der Waals surface area contributed by atoms with E-state index in [1.54, 1.807) is 24.3 Å². The molecule has 3 heteroatoms. The summed E-state index contributed by atoms with van der Waals surface area (Å²) in [5.74, 6) is 5.27. The van der Waals surface area contributed by atoms with Gasteiger partial charge in [0.05, 0.1) is 0 Å². The average Bonchev–Trinajstić information content (AvgIpc) is 2.36. The highest BCUT2D eigenvalue weighted by Crippen LogP contribution is 2.10. The molecule has 1 amide bonds. The first-order valence-corrected chi connectivity index (χ1v) is 6.01. The van der Waals surface area contributed by atoms with E-state index >= 15 is 0 Å². The molecule has 0 atom stereocenters. The van der Waals surface area contributed by atoms with E-state index in [0.29, 0.717) is 5.56 Å². The zero-order valence-corrected chi connectivity index (χ0v) is 11.1. The summed E-state index contributed by atoms with van der Waals surface area (Å²) in [6.07, 6.45) is 0.874. The number of hydrogen-bond acceptors (Lipinski definition) is 2. The molecule has 0 aliphatic heterocycles. The quantitative estimate of drug-likeness (QED) is 0.800. The Hall–Kier alpha value is -1.79. The fourth-order valence-electron chi connectivity index (χ4n) is 1.31. The van der Waals surface area contributed by atoms with E-state index in [0.717, 1.165) is 12.0 Å². The van der Waals surface area contributed by atoms with Crippen LogP contribution in [0.15, 0.2) is 24.3 Å². The van der Waals surface area contributed by atoms with Crippen molar-refractivity contribution in [3.8, 4) is 11.8 Å². The molecule has 0 aliphatic carbocycles. The maximum Gasteiger partial charge on any atom is 0.251 e. The first kappa shape index (κ1) is 14.3. The fourth-order valence-corrected chi connectivity index (χ4v) is 1.31. The van der Waals surface area contributed by atoms with Crippen molar-refractivity contribution in [1.29, 1.82) is 0 Å². The zero-order chi connectivity index (χ0) is 13.6.